The maximum absolute atomic E-state index is 13.9. The summed E-state index contributed by atoms with van der Waals surface area (Å²) < 4.78 is 13.4. The van der Waals surface area contributed by atoms with E-state index in [-0.39, 0.29) is 24.2 Å². The van der Waals surface area contributed by atoms with Crippen LogP contribution in [0.4, 0.5) is 0 Å². The minimum absolute atomic E-state index is 0.0613. The highest BCUT2D eigenvalue weighted by Gasteiger charge is 2.28. The summed E-state index contributed by atoms with van der Waals surface area (Å²) in [4.78, 5) is 28.7. The first-order valence-corrected chi connectivity index (χ1v) is 14.9. The molecule has 0 N–H and O–H groups in total. The lowest BCUT2D eigenvalue weighted by molar-refractivity contribution is -0.143. The van der Waals surface area contributed by atoms with Crippen LogP contribution in [0.2, 0.25) is 0 Å². The lowest BCUT2D eigenvalue weighted by Crippen LogP contribution is -2.36. The largest absolute Gasteiger partial charge is 0.466 e. The molecule has 8 heteroatoms. The molecule has 1 atom stereocenters. The topological polar surface area (TPSA) is 86.5 Å². The Morgan fingerprint density at radius 2 is 1.86 bits per heavy atom. The van der Waals surface area contributed by atoms with Gasteiger partial charge in [-0.1, -0.05) is 41.6 Å². The summed E-state index contributed by atoms with van der Waals surface area (Å²) in [6.45, 7) is 11.2. The van der Waals surface area contributed by atoms with E-state index in [0.29, 0.717) is 39.5 Å². The molecular weight excluding hydrogens is 528 g/mol. The van der Waals surface area contributed by atoms with E-state index in [1.807, 2.05) is 30.4 Å². The Morgan fingerprint density at radius 1 is 1.05 bits per heavy atom. The molecule has 4 aromatic rings. The van der Waals surface area contributed by atoms with E-state index < -0.39 is 0 Å². The summed E-state index contributed by atoms with van der Waals surface area (Å²) in [5, 5.41) is 9.00. The Labute approximate surface area is 246 Å². The van der Waals surface area contributed by atoms with Gasteiger partial charge in [0.15, 0.2) is 0 Å². The molecule has 0 saturated carbocycles. The van der Waals surface area contributed by atoms with Crippen LogP contribution in [0, 0.1) is 20.8 Å². The van der Waals surface area contributed by atoms with Gasteiger partial charge >= 0.3 is 5.97 Å². The third-order valence-electron chi connectivity index (χ3n) is 8.70. The number of nitrogens with zero attached hydrogens (tertiary/aromatic N) is 4. The molecule has 5 aliphatic rings. The number of aryl methyl sites for hydroxylation is 4. The summed E-state index contributed by atoms with van der Waals surface area (Å²) in [6, 6.07) is 14.8. The second-order valence-corrected chi connectivity index (χ2v) is 11.5. The number of rotatable bonds is 3. The van der Waals surface area contributed by atoms with Crippen LogP contribution in [0.15, 0.2) is 42.5 Å². The molecule has 0 aliphatic carbocycles. The summed E-state index contributed by atoms with van der Waals surface area (Å²) in [5.74, 6) is -0.388. The first kappa shape index (κ1) is 28.1. The Morgan fingerprint density at radius 3 is 2.64 bits per heavy atom. The molecule has 1 amide bonds. The van der Waals surface area contributed by atoms with Crippen LogP contribution in [-0.2, 0) is 40.4 Å². The van der Waals surface area contributed by atoms with Crippen LogP contribution in [0.5, 0.6) is 0 Å². The summed E-state index contributed by atoms with van der Waals surface area (Å²) in [5.41, 5.74) is 11.0. The molecule has 1 aromatic heterocycles. The van der Waals surface area contributed by atoms with Crippen LogP contribution in [-0.4, -0.2) is 51.5 Å². The van der Waals surface area contributed by atoms with Crippen LogP contribution < -0.4 is 0 Å². The van der Waals surface area contributed by atoms with Gasteiger partial charge in [-0.15, -0.1) is 5.10 Å². The van der Waals surface area contributed by atoms with Crippen molar-refractivity contribution in [2.45, 2.75) is 72.6 Å². The quantitative estimate of drug-likeness (QED) is 0.302. The number of carbonyl (C=O) groups excluding carboxylic acids is 2. The predicted octanol–water partition coefficient (Wildman–Crippen LogP) is 5.56. The highest BCUT2D eigenvalue weighted by atomic mass is 16.5. The van der Waals surface area contributed by atoms with Gasteiger partial charge in [0, 0.05) is 37.7 Å². The van der Waals surface area contributed by atoms with Gasteiger partial charge in [-0.25, -0.2) is 4.68 Å². The lowest BCUT2D eigenvalue weighted by Gasteiger charge is -2.31. The number of esters is 1. The third-order valence-corrected chi connectivity index (χ3v) is 8.70. The Balaban J connectivity index is 1.45. The second-order valence-electron chi connectivity index (χ2n) is 11.5. The molecule has 6 heterocycles. The first-order valence-electron chi connectivity index (χ1n) is 14.9. The fourth-order valence-corrected chi connectivity index (χ4v) is 6.62. The van der Waals surface area contributed by atoms with Crippen molar-refractivity contribution in [3.8, 4) is 0 Å². The van der Waals surface area contributed by atoms with Crippen molar-refractivity contribution >= 4 is 22.9 Å². The molecule has 9 bridgehead atoms. The van der Waals surface area contributed by atoms with E-state index in [2.05, 4.69) is 59.7 Å². The zero-order valence-corrected chi connectivity index (χ0v) is 24.9. The van der Waals surface area contributed by atoms with Gasteiger partial charge in [-0.05, 0) is 91.1 Å². The van der Waals surface area contributed by atoms with Crippen LogP contribution in [0.1, 0.15) is 80.5 Å². The van der Waals surface area contributed by atoms with Crippen LogP contribution >= 0.6 is 0 Å². The van der Waals surface area contributed by atoms with Crippen molar-refractivity contribution in [1.82, 2.24) is 19.9 Å². The third kappa shape index (κ3) is 5.31. The Kier molecular flexibility index (Phi) is 7.82. The maximum atomic E-state index is 13.9. The minimum Gasteiger partial charge on any atom is -0.466 e. The average Bonchev–Trinajstić information content (AvgIpc) is 3.38. The summed E-state index contributed by atoms with van der Waals surface area (Å²) >= 11 is 0. The van der Waals surface area contributed by atoms with Gasteiger partial charge in [-0.3, -0.25) is 9.59 Å². The molecule has 9 rings (SSSR count). The van der Waals surface area contributed by atoms with Gasteiger partial charge < -0.3 is 14.4 Å². The summed E-state index contributed by atoms with van der Waals surface area (Å²) in [6.07, 6.45) is 1.81. The highest BCUT2D eigenvalue weighted by molar-refractivity contribution is 5.97. The second kappa shape index (κ2) is 11.7. The molecule has 1 unspecified atom stereocenters. The van der Waals surface area contributed by atoms with E-state index in [4.69, 9.17) is 9.47 Å². The number of aromatic nitrogens is 3. The predicted molar refractivity (Wildman–Crippen MR) is 160 cm³/mol. The normalized spacial score (nSPS) is 17.3. The molecule has 42 heavy (non-hydrogen) atoms. The number of hydrogen-bond acceptors (Lipinski definition) is 6. The number of ether oxygens (including phenoxy) is 2. The van der Waals surface area contributed by atoms with E-state index in [9.17, 15) is 9.59 Å². The smallest absolute Gasteiger partial charge is 0.306 e. The van der Waals surface area contributed by atoms with Crippen molar-refractivity contribution in [2.75, 3.05) is 19.8 Å². The summed E-state index contributed by atoms with van der Waals surface area (Å²) in [7, 11) is 0. The van der Waals surface area contributed by atoms with Crippen molar-refractivity contribution in [3.63, 3.8) is 0 Å². The first-order chi connectivity index (χ1) is 20.3. The average molecular weight is 567 g/mol. The van der Waals surface area contributed by atoms with Gasteiger partial charge in [0.05, 0.1) is 25.2 Å². The SMILES string of the molecule is CCOC(=O)CC1c2ccc3c(c2)CN(CC3)C(=O)c2c(C)cc(cc2C)COCCCn2nnc3c(C)c1ccc32. The van der Waals surface area contributed by atoms with Crippen LogP contribution in [0.3, 0.4) is 0 Å². The van der Waals surface area contributed by atoms with E-state index in [1.165, 1.54) is 5.56 Å². The fraction of sp³-hybridized carbons (Fsp3) is 0.412. The maximum Gasteiger partial charge on any atom is 0.306 e. The van der Waals surface area contributed by atoms with E-state index >= 15 is 0 Å². The lowest BCUT2D eigenvalue weighted by atomic mass is 9.83. The molecule has 218 valence electrons. The monoisotopic (exact) mass is 566 g/mol. The Hall–Kier alpha value is -4.04. The molecule has 0 fully saturated rings. The number of carbonyl (C=O) groups is 2. The van der Waals surface area contributed by atoms with Crippen molar-refractivity contribution in [1.29, 1.82) is 0 Å². The van der Waals surface area contributed by atoms with E-state index in [0.717, 1.165) is 68.4 Å². The number of hydrogen-bond donors (Lipinski definition) is 0. The van der Waals surface area contributed by atoms with E-state index in [1.54, 1.807) is 0 Å². The molecule has 0 radical (unpaired) electrons. The van der Waals surface area contributed by atoms with Crippen LogP contribution in [0.25, 0.3) is 11.0 Å². The van der Waals surface area contributed by atoms with Crippen molar-refractivity contribution in [3.05, 3.63) is 92.5 Å². The standard InChI is InChI=1S/C34H38N4O4/c1-5-42-31(39)18-29-26-8-7-25-11-13-37(19-27(25)17-26)34(40)32-21(2)15-24(16-22(32)3)20-41-14-6-12-38-30-10-9-28(29)23(4)33(30)35-36-38/h7-10,15-17,29H,5-6,11-14,18-20H2,1-4H3. The van der Waals surface area contributed by atoms with Gasteiger partial charge in [-0.2, -0.15) is 0 Å². The molecule has 8 nitrogen and oxygen atoms in total. The Bertz CT molecular complexity index is 1650. The minimum atomic E-state index is -0.236. The van der Waals surface area contributed by atoms with Gasteiger partial charge in [0.1, 0.15) is 5.52 Å². The molecule has 3 aromatic carbocycles. The molecule has 0 saturated heterocycles. The van der Waals surface area contributed by atoms with Crippen molar-refractivity contribution < 1.29 is 19.1 Å². The molecule has 0 spiro atoms. The zero-order chi connectivity index (χ0) is 29.4. The van der Waals surface area contributed by atoms with Gasteiger partial charge in [0.2, 0.25) is 0 Å². The highest BCUT2D eigenvalue weighted by Crippen LogP contribution is 2.36. The fourth-order valence-electron chi connectivity index (χ4n) is 6.62. The van der Waals surface area contributed by atoms with Crippen molar-refractivity contribution in [2.24, 2.45) is 0 Å². The molecule has 5 aliphatic heterocycles. The number of amides is 1. The molecular formula is C34H38N4O4. The number of benzene rings is 3. The van der Waals surface area contributed by atoms with Gasteiger partial charge in [0.25, 0.3) is 5.91 Å². The zero-order valence-electron chi connectivity index (χ0n) is 24.9.